The standard InChI is InChI=1S/C17H22N2O/c1-19(2)17(18)14-10-8-13(9-11-14)12-15-6-4-3-5-7-16(15)20/h8-12,18H,3-7H2,1-2H3/b15-12+,18-17?. The van der Waals surface area contributed by atoms with Crippen LogP contribution in [0.4, 0.5) is 0 Å². The fraction of sp³-hybridized carbons (Fsp3) is 0.412. The van der Waals surface area contributed by atoms with Gasteiger partial charge in [0.15, 0.2) is 5.78 Å². The van der Waals surface area contributed by atoms with E-state index in [9.17, 15) is 4.79 Å². The lowest BCUT2D eigenvalue weighted by Crippen LogP contribution is -2.21. The number of allylic oxidation sites excluding steroid dienone is 1. The summed E-state index contributed by atoms with van der Waals surface area (Å²) in [6.07, 6.45) is 6.89. The molecule has 106 valence electrons. The van der Waals surface area contributed by atoms with Gasteiger partial charge in [0, 0.05) is 26.1 Å². The van der Waals surface area contributed by atoms with Crippen LogP contribution >= 0.6 is 0 Å². The Balaban J connectivity index is 2.17. The molecule has 0 aliphatic heterocycles. The number of carbonyl (C=O) groups is 1. The molecule has 1 aliphatic carbocycles. The molecule has 0 saturated heterocycles. The molecular weight excluding hydrogens is 248 g/mol. The van der Waals surface area contributed by atoms with Gasteiger partial charge in [-0.3, -0.25) is 10.2 Å². The molecule has 0 amide bonds. The third-order valence-electron chi connectivity index (χ3n) is 3.68. The molecule has 1 fully saturated rings. The Kier molecular flexibility index (Phi) is 4.72. The molecule has 0 radical (unpaired) electrons. The summed E-state index contributed by atoms with van der Waals surface area (Å²) in [5, 5.41) is 7.93. The number of ketones is 1. The number of Topliss-reactive ketones (excluding diaryl/α,β-unsaturated/α-hetero) is 1. The van der Waals surface area contributed by atoms with Gasteiger partial charge >= 0.3 is 0 Å². The summed E-state index contributed by atoms with van der Waals surface area (Å²) in [7, 11) is 3.73. The van der Waals surface area contributed by atoms with Crippen molar-refractivity contribution in [2.45, 2.75) is 32.1 Å². The summed E-state index contributed by atoms with van der Waals surface area (Å²) in [4.78, 5) is 13.8. The fourth-order valence-electron chi connectivity index (χ4n) is 2.43. The second-order valence-corrected chi connectivity index (χ2v) is 5.52. The van der Waals surface area contributed by atoms with Gasteiger partial charge in [0.2, 0.25) is 0 Å². The molecule has 0 heterocycles. The van der Waals surface area contributed by atoms with Gasteiger partial charge in [-0.05, 0) is 36.5 Å². The molecule has 0 unspecified atom stereocenters. The number of nitrogens with zero attached hydrogens (tertiary/aromatic N) is 1. The number of amidine groups is 1. The van der Waals surface area contributed by atoms with Crippen molar-refractivity contribution in [3.05, 3.63) is 41.0 Å². The van der Waals surface area contributed by atoms with Crippen molar-refractivity contribution < 1.29 is 4.79 Å². The van der Waals surface area contributed by atoms with Crippen molar-refractivity contribution in [1.29, 1.82) is 5.41 Å². The van der Waals surface area contributed by atoms with Crippen LogP contribution < -0.4 is 0 Å². The predicted octanol–water partition coefficient (Wildman–Crippen LogP) is 3.49. The van der Waals surface area contributed by atoms with Gasteiger partial charge in [-0.2, -0.15) is 0 Å². The first kappa shape index (κ1) is 14.5. The third kappa shape index (κ3) is 3.56. The molecular formula is C17H22N2O. The second kappa shape index (κ2) is 6.51. The number of carbonyl (C=O) groups excluding carboxylic acids is 1. The maximum Gasteiger partial charge on any atom is 0.158 e. The predicted molar refractivity (Wildman–Crippen MR) is 83.0 cm³/mol. The summed E-state index contributed by atoms with van der Waals surface area (Å²) >= 11 is 0. The van der Waals surface area contributed by atoms with E-state index >= 15 is 0 Å². The maximum atomic E-state index is 12.0. The number of rotatable bonds is 2. The maximum absolute atomic E-state index is 12.0. The Morgan fingerprint density at radius 1 is 1.10 bits per heavy atom. The first-order valence-corrected chi connectivity index (χ1v) is 7.18. The quantitative estimate of drug-likeness (QED) is 0.387. The zero-order valence-corrected chi connectivity index (χ0v) is 12.3. The minimum absolute atomic E-state index is 0.299. The van der Waals surface area contributed by atoms with Crippen LogP contribution in [-0.4, -0.2) is 30.6 Å². The molecule has 0 atom stereocenters. The van der Waals surface area contributed by atoms with Gasteiger partial charge in [0.1, 0.15) is 5.84 Å². The summed E-state index contributed by atoms with van der Waals surface area (Å²) in [5.74, 6) is 0.794. The van der Waals surface area contributed by atoms with Crippen LogP contribution in [0.1, 0.15) is 43.2 Å². The normalized spacial score (nSPS) is 17.9. The zero-order chi connectivity index (χ0) is 14.5. The number of nitrogens with one attached hydrogen (secondary N) is 1. The fourth-order valence-corrected chi connectivity index (χ4v) is 2.43. The van der Waals surface area contributed by atoms with E-state index in [1.165, 1.54) is 0 Å². The number of hydrogen-bond acceptors (Lipinski definition) is 2. The lowest BCUT2D eigenvalue weighted by atomic mass is 10.0. The molecule has 3 nitrogen and oxygen atoms in total. The average molecular weight is 270 g/mol. The van der Waals surface area contributed by atoms with Gasteiger partial charge < -0.3 is 4.90 Å². The first-order chi connectivity index (χ1) is 9.58. The molecule has 2 rings (SSSR count). The number of benzene rings is 1. The van der Waals surface area contributed by atoms with Crippen LogP contribution in [0.2, 0.25) is 0 Å². The van der Waals surface area contributed by atoms with Crippen LogP contribution in [-0.2, 0) is 4.79 Å². The minimum Gasteiger partial charge on any atom is -0.363 e. The highest BCUT2D eigenvalue weighted by Gasteiger charge is 2.13. The SMILES string of the molecule is CN(C)C(=N)c1ccc(/C=C2\CCCCCC2=O)cc1. The van der Waals surface area contributed by atoms with E-state index in [-0.39, 0.29) is 0 Å². The van der Waals surface area contributed by atoms with Gasteiger partial charge in [-0.15, -0.1) is 0 Å². The van der Waals surface area contributed by atoms with Gasteiger partial charge in [-0.25, -0.2) is 0 Å². The minimum atomic E-state index is 0.299. The van der Waals surface area contributed by atoms with Crippen molar-refractivity contribution >= 4 is 17.7 Å². The van der Waals surface area contributed by atoms with Crippen molar-refractivity contribution in [3.63, 3.8) is 0 Å². The highest BCUT2D eigenvalue weighted by molar-refractivity contribution is 6.00. The summed E-state index contributed by atoms with van der Waals surface area (Å²) in [6, 6.07) is 7.85. The number of hydrogen-bond donors (Lipinski definition) is 1. The molecule has 3 heteroatoms. The van der Waals surface area contributed by atoms with Crippen LogP contribution in [0.3, 0.4) is 0 Å². The zero-order valence-electron chi connectivity index (χ0n) is 12.3. The summed E-state index contributed by atoms with van der Waals surface area (Å²) in [5.41, 5.74) is 2.90. The molecule has 0 aromatic heterocycles. The lowest BCUT2D eigenvalue weighted by Gasteiger charge is -2.13. The molecule has 20 heavy (non-hydrogen) atoms. The van der Waals surface area contributed by atoms with Crippen LogP contribution in [0.5, 0.6) is 0 Å². The Hall–Kier alpha value is -1.90. The van der Waals surface area contributed by atoms with Gasteiger partial charge in [0.05, 0.1) is 0 Å². The van der Waals surface area contributed by atoms with E-state index in [0.717, 1.165) is 42.4 Å². The van der Waals surface area contributed by atoms with Crippen molar-refractivity contribution in [3.8, 4) is 0 Å². The molecule has 1 saturated carbocycles. The Bertz CT molecular complexity index is 526. The molecule has 0 bridgehead atoms. The van der Waals surface area contributed by atoms with E-state index in [1.807, 2.05) is 44.4 Å². The van der Waals surface area contributed by atoms with E-state index in [2.05, 4.69) is 0 Å². The largest absolute Gasteiger partial charge is 0.363 e. The monoisotopic (exact) mass is 270 g/mol. The van der Waals surface area contributed by atoms with E-state index in [1.54, 1.807) is 4.90 Å². The van der Waals surface area contributed by atoms with Crippen LogP contribution in [0.15, 0.2) is 29.8 Å². The van der Waals surface area contributed by atoms with Crippen molar-refractivity contribution in [1.82, 2.24) is 4.90 Å². The van der Waals surface area contributed by atoms with Gasteiger partial charge in [-0.1, -0.05) is 30.7 Å². The van der Waals surface area contributed by atoms with Crippen LogP contribution in [0.25, 0.3) is 6.08 Å². The average Bonchev–Trinajstić information content (AvgIpc) is 2.64. The molecule has 1 aliphatic rings. The smallest absolute Gasteiger partial charge is 0.158 e. The lowest BCUT2D eigenvalue weighted by molar-refractivity contribution is -0.115. The molecule has 1 N–H and O–H groups in total. The molecule has 1 aromatic carbocycles. The van der Waals surface area contributed by atoms with Crippen molar-refractivity contribution in [2.75, 3.05) is 14.1 Å². The summed E-state index contributed by atoms with van der Waals surface area (Å²) < 4.78 is 0. The Morgan fingerprint density at radius 3 is 2.40 bits per heavy atom. The van der Waals surface area contributed by atoms with Gasteiger partial charge in [0.25, 0.3) is 0 Å². The highest BCUT2D eigenvalue weighted by atomic mass is 16.1. The first-order valence-electron chi connectivity index (χ1n) is 7.18. The van der Waals surface area contributed by atoms with Crippen LogP contribution in [0, 0.1) is 5.41 Å². The van der Waals surface area contributed by atoms with E-state index < -0.39 is 0 Å². The summed E-state index contributed by atoms with van der Waals surface area (Å²) in [6.45, 7) is 0. The third-order valence-corrected chi connectivity index (χ3v) is 3.68. The molecule has 1 aromatic rings. The second-order valence-electron chi connectivity index (χ2n) is 5.52. The van der Waals surface area contributed by atoms with E-state index in [4.69, 9.17) is 5.41 Å². The molecule has 0 spiro atoms. The Morgan fingerprint density at radius 2 is 1.75 bits per heavy atom. The Labute approximate surface area is 120 Å². The van der Waals surface area contributed by atoms with Crippen molar-refractivity contribution in [2.24, 2.45) is 0 Å². The highest BCUT2D eigenvalue weighted by Crippen LogP contribution is 2.21. The van der Waals surface area contributed by atoms with E-state index in [0.29, 0.717) is 18.0 Å². The topological polar surface area (TPSA) is 44.2 Å².